The minimum absolute atomic E-state index is 0. The van der Waals surface area contributed by atoms with E-state index in [4.69, 9.17) is 4.74 Å². The van der Waals surface area contributed by atoms with Crippen LogP contribution in [0.15, 0.2) is 11.2 Å². The van der Waals surface area contributed by atoms with Crippen molar-refractivity contribution >= 4 is 29.9 Å². The molecule has 1 aromatic heterocycles. The van der Waals surface area contributed by atoms with Crippen molar-refractivity contribution in [3.63, 3.8) is 0 Å². The Balaban J connectivity index is 0.00000484. The summed E-state index contributed by atoms with van der Waals surface area (Å²) < 4.78 is 6.96. The fourth-order valence-corrected chi connectivity index (χ4v) is 2.36. The summed E-state index contributed by atoms with van der Waals surface area (Å²) >= 11 is 0. The number of nitrogens with zero attached hydrogens (tertiary/aromatic N) is 4. The highest BCUT2D eigenvalue weighted by molar-refractivity contribution is 14.0. The maximum absolute atomic E-state index is 5.07. The van der Waals surface area contributed by atoms with Gasteiger partial charge >= 0.3 is 0 Å². The molecule has 23 heavy (non-hydrogen) atoms. The van der Waals surface area contributed by atoms with Gasteiger partial charge in [0.1, 0.15) is 0 Å². The second-order valence-corrected chi connectivity index (χ2v) is 5.81. The van der Waals surface area contributed by atoms with E-state index in [0.717, 1.165) is 44.3 Å². The van der Waals surface area contributed by atoms with Gasteiger partial charge in [0, 0.05) is 59.2 Å². The summed E-state index contributed by atoms with van der Waals surface area (Å²) in [7, 11) is 5.76. The molecule has 0 aliphatic rings. The lowest BCUT2D eigenvalue weighted by atomic mass is 10.1. The van der Waals surface area contributed by atoms with Crippen LogP contribution in [0.1, 0.15) is 44.4 Å². The largest absolute Gasteiger partial charge is 0.385 e. The van der Waals surface area contributed by atoms with Gasteiger partial charge in [0.05, 0.1) is 5.69 Å². The summed E-state index contributed by atoms with van der Waals surface area (Å²) in [5, 5.41) is 7.91. The van der Waals surface area contributed by atoms with Crippen LogP contribution < -0.4 is 5.32 Å². The van der Waals surface area contributed by atoms with Gasteiger partial charge < -0.3 is 15.0 Å². The summed E-state index contributed by atoms with van der Waals surface area (Å²) in [6.45, 7) is 9.61. The van der Waals surface area contributed by atoms with Crippen LogP contribution in [0.25, 0.3) is 0 Å². The first-order valence-corrected chi connectivity index (χ1v) is 8.00. The number of hydrogen-bond acceptors (Lipinski definition) is 3. The normalized spacial score (nSPS) is 11.5. The molecule has 6 nitrogen and oxygen atoms in total. The summed E-state index contributed by atoms with van der Waals surface area (Å²) in [4.78, 5) is 6.80. The molecule has 1 N–H and O–H groups in total. The average molecular weight is 437 g/mol. The van der Waals surface area contributed by atoms with Crippen LogP contribution in [0.5, 0.6) is 0 Å². The third-order valence-electron chi connectivity index (χ3n) is 3.36. The van der Waals surface area contributed by atoms with E-state index in [1.165, 1.54) is 5.56 Å². The molecule has 0 spiro atoms. The Hall–Kier alpha value is -0.830. The number of guanidine groups is 1. The topological polar surface area (TPSA) is 54.7 Å². The second kappa shape index (κ2) is 11.7. The second-order valence-electron chi connectivity index (χ2n) is 5.81. The van der Waals surface area contributed by atoms with Crippen LogP contribution in [-0.2, 0) is 18.3 Å². The Bertz CT molecular complexity index is 473. The number of hydrogen-bond donors (Lipinski definition) is 1. The van der Waals surface area contributed by atoms with Crippen molar-refractivity contribution in [1.29, 1.82) is 0 Å². The third-order valence-corrected chi connectivity index (χ3v) is 3.36. The summed E-state index contributed by atoms with van der Waals surface area (Å²) in [5.41, 5.74) is 2.41. The van der Waals surface area contributed by atoms with Gasteiger partial charge in [-0.15, -0.1) is 24.0 Å². The van der Waals surface area contributed by atoms with Crippen molar-refractivity contribution < 1.29 is 4.74 Å². The SMILES string of the molecule is CCNC(=NCCCOC)N(C)Cc1cn(C)nc1C(C)C.I. The molecular weight excluding hydrogens is 405 g/mol. The first-order chi connectivity index (χ1) is 10.5. The molecule has 1 rings (SSSR count). The Labute approximate surface area is 157 Å². The smallest absolute Gasteiger partial charge is 0.193 e. The lowest BCUT2D eigenvalue weighted by Crippen LogP contribution is -2.38. The van der Waals surface area contributed by atoms with Gasteiger partial charge in [-0.2, -0.15) is 5.10 Å². The monoisotopic (exact) mass is 437 g/mol. The molecule has 0 saturated heterocycles. The van der Waals surface area contributed by atoms with Crippen molar-refractivity contribution in [3.8, 4) is 0 Å². The van der Waals surface area contributed by atoms with Crippen LogP contribution in [0.4, 0.5) is 0 Å². The van der Waals surface area contributed by atoms with Gasteiger partial charge in [-0.3, -0.25) is 9.67 Å². The number of nitrogens with one attached hydrogen (secondary N) is 1. The molecule has 0 amide bonds. The van der Waals surface area contributed by atoms with Gasteiger partial charge in [-0.25, -0.2) is 0 Å². The molecule has 7 heteroatoms. The molecule has 0 radical (unpaired) electrons. The zero-order chi connectivity index (χ0) is 16.5. The lowest BCUT2D eigenvalue weighted by Gasteiger charge is -2.22. The quantitative estimate of drug-likeness (QED) is 0.294. The highest BCUT2D eigenvalue weighted by Crippen LogP contribution is 2.18. The van der Waals surface area contributed by atoms with Gasteiger partial charge in [0.15, 0.2) is 5.96 Å². The molecule has 1 heterocycles. The van der Waals surface area contributed by atoms with E-state index in [2.05, 4.69) is 54.3 Å². The molecule has 0 atom stereocenters. The van der Waals surface area contributed by atoms with Crippen molar-refractivity contribution in [3.05, 3.63) is 17.5 Å². The first kappa shape index (κ1) is 22.2. The van der Waals surface area contributed by atoms with Gasteiger partial charge in [-0.1, -0.05) is 13.8 Å². The molecule has 0 saturated carbocycles. The predicted octanol–water partition coefficient (Wildman–Crippen LogP) is 2.60. The number of rotatable bonds is 8. The van der Waals surface area contributed by atoms with E-state index >= 15 is 0 Å². The molecule has 0 aliphatic heterocycles. The number of methoxy groups -OCH3 is 1. The lowest BCUT2D eigenvalue weighted by molar-refractivity contribution is 0.197. The summed E-state index contributed by atoms with van der Waals surface area (Å²) in [6, 6.07) is 0. The van der Waals surface area contributed by atoms with Crippen LogP contribution in [0, 0.1) is 0 Å². The van der Waals surface area contributed by atoms with Crippen molar-refractivity contribution in [2.45, 2.75) is 39.7 Å². The Morgan fingerprint density at radius 2 is 2.17 bits per heavy atom. The fourth-order valence-electron chi connectivity index (χ4n) is 2.36. The molecule has 0 aliphatic carbocycles. The van der Waals surface area contributed by atoms with Crippen LogP contribution in [0.2, 0.25) is 0 Å². The number of aromatic nitrogens is 2. The highest BCUT2D eigenvalue weighted by atomic mass is 127. The molecule has 0 aromatic carbocycles. The maximum Gasteiger partial charge on any atom is 0.193 e. The van der Waals surface area contributed by atoms with Gasteiger partial charge in [-0.05, 0) is 19.3 Å². The Morgan fingerprint density at radius 1 is 1.48 bits per heavy atom. The van der Waals surface area contributed by atoms with E-state index in [9.17, 15) is 0 Å². The summed E-state index contributed by atoms with van der Waals surface area (Å²) in [6.07, 6.45) is 3.03. The van der Waals surface area contributed by atoms with E-state index in [1.807, 2.05) is 11.7 Å². The van der Waals surface area contributed by atoms with Crippen molar-refractivity contribution in [2.75, 3.05) is 33.9 Å². The minimum Gasteiger partial charge on any atom is -0.385 e. The number of aliphatic imine (C=N–C) groups is 1. The molecule has 1 aromatic rings. The molecule has 134 valence electrons. The minimum atomic E-state index is 0. The molecule has 0 unspecified atom stereocenters. The van der Waals surface area contributed by atoms with Crippen LogP contribution in [-0.4, -0.2) is 54.5 Å². The Morgan fingerprint density at radius 3 is 2.74 bits per heavy atom. The predicted molar refractivity (Wildman–Crippen MR) is 107 cm³/mol. The van der Waals surface area contributed by atoms with Crippen molar-refractivity contribution in [2.24, 2.45) is 12.0 Å². The third kappa shape index (κ3) is 7.52. The van der Waals surface area contributed by atoms with E-state index in [0.29, 0.717) is 5.92 Å². The number of halogens is 1. The van der Waals surface area contributed by atoms with E-state index < -0.39 is 0 Å². The first-order valence-electron chi connectivity index (χ1n) is 8.00. The van der Waals surface area contributed by atoms with Crippen molar-refractivity contribution in [1.82, 2.24) is 20.0 Å². The average Bonchev–Trinajstić information content (AvgIpc) is 2.83. The standard InChI is InChI=1S/C16H31N5O.HI/c1-7-17-16(18-9-8-10-22-6)20(4)11-14-12-21(5)19-15(14)13(2)3;/h12-13H,7-11H2,1-6H3,(H,17,18);1H. The Kier molecular flexibility index (Phi) is 11.2. The zero-order valence-electron chi connectivity index (χ0n) is 15.3. The molecule has 0 bridgehead atoms. The van der Waals surface area contributed by atoms with E-state index in [-0.39, 0.29) is 24.0 Å². The summed E-state index contributed by atoms with van der Waals surface area (Å²) in [5.74, 6) is 1.35. The fraction of sp³-hybridized carbons (Fsp3) is 0.750. The maximum atomic E-state index is 5.07. The zero-order valence-corrected chi connectivity index (χ0v) is 17.6. The molecular formula is C16H32IN5O. The molecule has 0 fully saturated rings. The van der Waals surface area contributed by atoms with Gasteiger partial charge in [0.25, 0.3) is 0 Å². The van der Waals surface area contributed by atoms with E-state index in [1.54, 1.807) is 7.11 Å². The highest BCUT2D eigenvalue weighted by Gasteiger charge is 2.14. The van der Waals surface area contributed by atoms with Gasteiger partial charge in [0.2, 0.25) is 0 Å². The number of aryl methyl sites for hydroxylation is 1. The van der Waals surface area contributed by atoms with Crippen LogP contribution >= 0.6 is 24.0 Å². The number of ether oxygens (including phenoxy) is 1. The van der Waals surface area contributed by atoms with Crippen LogP contribution in [0.3, 0.4) is 0 Å².